The van der Waals surface area contributed by atoms with Gasteiger partial charge >= 0.3 is 0 Å². The molecule has 0 bridgehead atoms. The Kier molecular flexibility index (Phi) is 4.43. The molecule has 2 unspecified atom stereocenters. The minimum Gasteiger partial charge on any atom is -0.469 e. The zero-order valence-corrected chi connectivity index (χ0v) is 11.9. The highest BCUT2D eigenvalue weighted by Crippen LogP contribution is 2.23. The molecule has 0 amide bonds. The number of nitrogens with two attached hydrogens (primary N) is 1. The molecule has 2 N–H and O–H groups in total. The molecule has 0 saturated carbocycles. The van der Waals surface area contributed by atoms with Crippen LogP contribution in [0.4, 0.5) is 0 Å². The molecule has 2 atom stereocenters. The van der Waals surface area contributed by atoms with Gasteiger partial charge in [0, 0.05) is 24.7 Å². The van der Waals surface area contributed by atoms with Crippen molar-refractivity contribution in [2.75, 3.05) is 0 Å². The third-order valence-electron chi connectivity index (χ3n) is 3.35. The molecular formula is C15H23N3O. The zero-order valence-electron chi connectivity index (χ0n) is 11.9. The summed E-state index contributed by atoms with van der Waals surface area (Å²) in [4.78, 5) is 4.25. The largest absolute Gasteiger partial charge is 0.469 e. The molecule has 0 aliphatic carbocycles. The van der Waals surface area contributed by atoms with E-state index in [1.54, 1.807) is 6.26 Å². The van der Waals surface area contributed by atoms with E-state index in [4.69, 9.17) is 10.2 Å². The number of hydrogen-bond donors (Lipinski definition) is 1. The van der Waals surface area contributed by atoms with Crippen molar-refractivity contribution < 1.29 is 4.42 Å². The predicted octanol–water partition coefficient (Wildman–Crippen LogP) is 3.33. The average molecular weight is 261 g/mol. The Morgan fingerprint density at radius 1 is 1.37 bits per heavy atom. The molecule has 2 rings (SSSR count). The van der Waals surface area contributed by atoms with E-state index >= 15 is 0 Å². The second kappa shape index (κ2) is 6.06. The third-order valence-corrected chi connectivity index (χ3v) is 3.35. The van der Waals surface area contributed by atoms with Crippen molar-refractivity contribution in [1.29, 1.82) is 0 Å². The SMILES string of the molecule is CC(C)CC(N)c1cncn1C(C)Cc1ccco1. The first kappa shape index (κ1) is 13.9. The molecular weight excluding hydrogens is 238 g/mol. The maximum atomic E-state index is 6.27. The summed E-state index contributed by atoms with van der Waals surface area (Å²) in [6.07, 6.45) is 7.28. The fourth-order valence-corrected chi connectivity index (χ4v) is 2.42. The number of rotatable bonds is 6. The maximum absolute atomic E-state index is 6.27. The van der Waals surface area contributed by atoms with Crippen molar-refractivity contribution in [3.8, 4) is 0 Å². The number of aromatic nitrogens is 2. The van der Waals surface area contributed by atoms with Crippen molar-refractivity contribution in [3.05, 3.63) is 42.4 Å². The van der Waals surface area contributed by atoms with Crippen LogP contribution in [0.15, 0.2) is 35.3 Å². The highest BCUT2D eigenvalue weighted by atomic mass is 16.3. The Morgan fingerprint density at radius 2 is 2.16 bits per heavy atom. The second-order valence-corrected chi connectivity index (χ2v) is 5.59. The van der Waals surface area contributed by atoms with Crippen molar-refractivity contribution in [2.45, 2.75) is 45.7 Å². The van der Waals surface area contributed by atoms with Crippen molar-refractivity contribution in [2.24, 2.45) is 11.7 Å². The lowest BCUT2D eigenvalue weighted by molar-refractivity contribution is 0.422. The molecule has 4 nitrogen and oxygen atoms in total. The first-order chi connectivity index (χ1) is 9.08. The number of nitrogens with zero attached hydrogens (tertiary/aromatic N) is 2. The molecule has 0 radical (unpaired) electrons. The topological polar surface area (TPSA) is 57.0 Å². The van der Waals surface area contributed by atoms with E-state index in [-0.39, 0.29) is 6.04 Å². The summed E-state index contributed by atoms with van der Waals surface area (Å²) in [5.41, 5.74) is 7.37. The molecule has 0 aliphatic heterocycles. The average Bonchev–Trinajstić information content (AvgIpc) is 2.97. The second-order valence-electron chi connectivity index (χ2n) is 5.59. The van der Waals surface area contributed by atoms with Crippen molar-refractivity contribution in [1.82, 2.24) is 9.55 Å². The van der Waals surface area contributed by atoms with Gasteiger partial charge in [-0.2, -0.15) is 0 Å². The van der Waals surface area contributed by atoms with Gasteiger partial charge in [0.25, 0.3) is 0 Å². The number of furan rings is 1. The van der Waals surface area contributed by atoms with Crippen LogP contribution in [0, 0.1) is 5.92 Å². The minimum absolute atomic E-state index is 0.0431. The molecule has 19 heavy (non-hydrogen) atoms. The Morgan fingerprint density at radius 3 is 2.79 bits per heavy atom. The summed E-state index contributed by atoms with van der Waals surface area (Å²) < 4.78 is 7.56. The van der Waals surface area contributed by atoms with Gasteiger partial charge in [0.15, 0.2) is 0 Å². The molecule has 0 aliphatic rings. The number of imidazole rings is 1. The first-order valence-corrected chi connectivity index (χ1v) is 6.87. The Labute approximate surface area is 114 Å². The van der Waals surface area contributed by atoms with Gasteiger partial charge in [-0.15, -0.1) is 0 Å². The summed E-state index contributed by atoms with van der Waals surface area (Å²) in [6, 6.07) is 4.26. The summed E-state index contributed by atoms with van der Waals surface area (Å²) in [5, 5.41) is 0. The van der Waals surface area contributed by atoms with Gasteiger partial charge in [0.2, 0.25) is 0 Å². The van der Waals surface area contributed by atoms with Crippen LogP contribution in [0.3, 0.4) is 0 Å². The van der Waals surface area contributed by atoms with Crippen LogP contribution in [0.5, 0.6) is 0 Å². The summed E-state index contributed by atoms with van der Waals surface area (Å²) in [5.74, 6) is 1.57. The van der Waals surface area contributed by atoms with E-state index in [9.17, 15) is 0 Å². The molecule has 0 fully saturated rings. The summed E-state index contributed by atoms with van der Waals surface area (Å²) in [7, 11) is 0. The van der Waals surface area contributed by atoms with Crippen LogP contribution >= 0.6 is 0 Å². The lowest BCUT2D eigenvalue weighted by atomic mass is 10.0. The minimum atomic E-state index is 0.0431. The van der Waals surface area contributed by atoms with Crippen molar-refractivity contribution in [3.63, 3.8) is 0 Å². The molecule has 0 spiro atoms. The predicted molar refractivity (Wildman–Crippen MR) is 75.7 cm³/mol. The van der Waals surface area contributed by atoms with E-state index < -0.39 is 0 Å². The molecule has 2 aromatic rings. The quantitative estimate of drug-likeness (QED) is 0.867. The highest BCUT2D eigenvalue weighted by Gasteiger charge is 2.17. The first-order valence-electron chi connectivity index (χ1n) is 6.87. The van der Waals surface area contributed by atoms with E-state index in [1.165, 1.54) is 0 Å². The Bertz CT molecular complexity index is 487. The van der Waals surface area contributed by atoms with Gasteiger partial charge in [0.1, 0.15) is 5.76 Å². The third kappa shape index (κ3) is 3.47. The van der Waals surface area contributed by atoms with Gasteiger partial charge in [-0.1, -0.05) is 13.8 Å². The van der Waals surface area contributed by atoms with Gasteiger partial charge < -0.3 is 14.7 Å². The van der Waals surface area contributed by atoms with E-state index in [0.717, 1.165) is 24.3 Å². The molecule has 0 aromatic carbocycles. The summed E-state index contributed by atoms with van der Waals surface area (Å²) in [6.45, 7) is 6.54. The molecule has 2 aromatic heterocycles. The Hall–Kier alpha value is -1.55. The zero-order chi connectivity index (χ0) is 13.8. The highest BCUT2D eigenvalue weighted by molar-refractivity contribution is 5.08. The van der Waals surface area contributed by atoms with E-state index in [0.29, 0.717) is 12.0 Å². The summed E-state index contributed by atoms with van der Waals surface area (Å²) >= 11 is 0. The normalized spacial score (nSPS) is 14.8. The standard InChI is InChI=1S/C15H23N3O/c1-11(2)7-14(16)15-9-17-10-18(15)12(3)8-13-5-4-6-19-13/h4-6,9-12,14H,7-8,16H2,1-3H3. The van der Waals surface area contributed by atoms with Gasteiger partial charge in [-0.3, -0.25) is 0 Å². The van der Waals surface area contributed by atoms with Crippen LogP contribution in [-0.2, 0) is 6.42 Å². The molecule has 0 saturated heterocycles. The van der Waals surface area contributed by atoms with Gasteiger partial charge in [-0.25, -0.2) is 4.98 Å². The van der Waals surface area contributed by atoms with Crippen molar-refractivity contribution >= 4 is 0 Å². The molecule has 104 valence electrons. The van der Waals surface area contributed by atoms with Crippen LogP contribution in [0.1, 0.15) is 50.7 Å². The number of hydrogen-bond acceptors (Lipinski definition) is 3. The fourth-order valence-electron chi connectivity index (χ4n) is 2.42. The van der Waals surface area contributed by atoms with Gasteiger partial charge in [-0.05, 0) is 31.4 Å². The molecule has 4 heteroatoms. The lowest BCUT2D eigenvalue weighted by Gasteiger charge is -2.20. The maximum Gasteiger partial charge on any atom is 0.105 e. The van der Waals surface area contributed by atoms with Crippen LogP contribution in [-0.4, -0.2) is 9.55 Å². The van der Waals surface area contributed by atoms with Gasteiger partial charge in [0.05, 0.1) is 18.3 Å². The monoisotopic (exact) mass is 261 g/mol. The molecule has 2 heterocycles. The lowest BCUT2D eigenvalue weighted by Crippen LogP contribution is -2.19. The van der Waals surface area contributed by atoms with E-state index in [2.05, 4.69) is 30.3 Å². The Balaban J connectivity index is 2.10. The smallest absolute Gasteiger partial charge is 0.105 e. The van der Waals surface area contributed by atoms with Crippen LogP contribution in [0.2, 0.25) is 0 Å². The van der Waals surface area contributed by atoms with Crippen LogP contribution < -0.4 is 5.73 Å². The fraction of sp³-hybridized carbons (Fsp3) is 0.533. The van der Waals surface area contributed by atoms with Crippen LogP contribution in [0.25, 0.3) is 0 Å². The van der Waals surface area contributed by atoms with E-state index in [1.807, 2.05) is 24.7 Å².